The summed E-state index contributed by atoms with van der Waals surface area (Å²) in [5.41, 5.74) is -0.141. The highest BCUT2D eigenvalue weighted by Gasteiger charge is 2.42. The number of aromatic carboxylic acids is 1. The first kappa shape index (κ1) is 36.1. The molecule has 2 aliphatic rings. The fourth-order valence-electron chi connectivity index (χ4n) is 4.73. The second kappa shape index (κ2) is 14.4. The quantitative estimate of drug-likeness (QED) is 0.366. The monoisotopic (exact) mass is 700 g/mol. The molecule has 2 aromatic carbocycles. The molecule has 2 unspecified atom stereocenters. The molecule has 2 aliphatic heterocycles. The van der Waals surface area contributed by atoms with Crippen LogP contribution in [0.3, 0.4) is 0 Å². The molecule has 2 atom stereocenters. The largest absolute Gasteiger partial charge is 0.478 e. The molecule has 6 amide bonds. The summed E-state index contributed by atoms with van der Waals surface area (Å²) < 4.78 is 11.2. The summed E-state index contributed by atoms with van der Waals surface area (Å²) in [6.07, 6.45) is -1.03. The van der Waals surface area contributed by atoms with Crippen LogP contribution in [-0.4, -0.2) is 67.9 Å². The first-order valence-corrected chi connectivity index (χ1v) is 15.4. The summed E-state index contributed by atoms with van der Waals surface area (Å²) in [5, 5.41) is 8.91. The van der Waals surface area contributed by atoms with Gasteiger partial charge in [-0.2, -0.15) is 9.80 Å². The molecule has 0 saturated carbocycles. The number of imide groups is 6. The minimum absolute atomic E-state index is 0.0380. The van der Waals surface area contributed by atoms with Gasteiger partial charge < -0.3 is 14.6 Å². The Morgan fingerprint density at radius 2 is 1.02 bits per heavy atom. The second-order valence-electron chi connectivity index (χ2n) is 12.8. The predicted molar refractivity (Wildman–Crippen MR) is 168 cm³/mol. The Balaban J connectivity index is 0.000000251. The van der Waals surface area contributed by atoms with Gasteiger partial charge in [-0.05, 0) is 89.8 Å². The number of ether oxygens (including phenoxy) is 2. The van der Waals surface area contributed by atoms with Gasteiger partial charge in [-0.3, -0.25) is 19.2 Å². The molecule has 2 aromatic rings. The smallest absolute Gasteiger partial charge is 0.424 e. The molecular formula is C33H37BrN2O10. The molecule has 0 aliphatic carbocycles. The van der Waals surface area contributed by atoms with E-state index >= 15 is 0 Å². The third kappa shape index (κ3) is 9.32. The van der Waals surface area contributed by atoms with E-state index < -0.39 is 64.8 Å². The van der Waals surface area contributed by atoms with Gasteiger partial charge in [0.1, 0.15) is 11.2 Å². The summed E-state index contributed by atoms with van der Waals surface area (Å²) in [4.78, 5) is 85.4. The van der Waals surface area contributed by atoms with Gasteiger partial charge in [-0.25, -0.2) is 14.4 Å². The van der Waals surface area contributed by atoms with E-state index in [2.05, 4.69) is 15.9 Å². The van der Waals surface area contributed by atoms with Crippen molar-refractivity contribution in [2.24, 2.45) is 0 Å². The maximum absolute atomic E-state index is 12.6. The molecule has 1 N–H and O–H groups in total. The molecule has 246 valence electrons. The normalized spacial score (nSPS) is 18.8. The van der Waals surface area contributed by atoms with Crippen molar-refractivity contribution in [3.05, 3.63) is 69.7 Å². The first-order valence-electron chi connectivity index (χ1n) is 14.6. The Kier molecular flexibility index (Phi) is 11.3. The van der Waals surface area contributed by atoms with Crippen molar-refractivity contribution in [1.82, 2.24) is 9.80 Å². The minimum Gasteiger partial charge on any atom is -0.478 e. The van der Waals surface area contributed by atoms with E-state index in [1.54, 1.807) is 41.5 Å². The van der Waals surface area contributed by atoms with Gasteiger partial charge in [-0.15, -0.1) is 0 Å². The minimum atomic E-state index is -1.07. The summed E-state index contributed by atoms with van der Waals surface area (Å²) >= 11 is 3.34. The van der Waals surface area contributed by atoms with Crippen molar-refractivity contribution in [2.45, 2.75) is 90.3 Å². The summed E-state index contributed by atoms with van der Waals surface area (Å²) in [7, 11) is 0. The molecule has 0 bridgehead atoms. The maximum atomic E-state index is 12.6. The van der Waals surface area contributed by atoms with E-state index in [0.29, 0.717) is 21.8 Å². The Labute approximate surface area is 275 Å². The topological polar surface area (TPSA) is 165 Å². The van der Waals surface area contributed by atoms with Crippen LogP contribution in [0.25, 0.3) is 0 Å². The van der Waals surface area contributed by atoms with E-state index in [4.69, 9.17) is 14.6 Å². The first-order chi connectivity index (χ1) is 21.3. The third-order valence-corrected chi connectivity index (χ3v) is 7.34. The summed E-state index contributed by atoms with van der Waals surface area (Å²) in [6, 6.07) is 13.1. The standard InChI is InChI=1S/C17H19NO6.C16H18BrNO4/c1-17(2,3)24-16(23)18-13(19)9-8-12(14(18)20)10-4-6-11(7-5-10)15(21)22;1-16(2,3)22-15(21)18-13(19)9-8-12(14(18)20)10-4-6-11(17)7-5-10/h4-7,12H,8-9H2,1-3H3,(H,21,22);4-7,12H,8-9H2,1-3H3. The second-order valence-corrected chi connectivity index (χ2v) is 13.7. The number of rotatable bonds is 3. The highest BCUT2D eigenvalue weighted by Crippen LogP contribution is 2.32. The van der Waals surface area contributed by atoms with Gasteiger partial charge in [0.2, 0.25) is 23.6 Å². The number of benzene rings is 2. The molecule has 12 nitrogen and oxygen atoms in total. The zero-order valence-electron chi connectivity index (χ0n) is 26.5. The van der Waals surface area contributed by atoms with Crippen LogP contribution >= 0.6 is 15.9 Å². The average molecular weight is 702 g/mol. The molecule has 2 saturated heterocycles. The molecular weight excluding hydrogens is 664 g/mol. The zero-order valence-corrected chi connectivity index (χ0v) is 28.1. The summed E-state index contributed by atoms with van der Waals surface area (Å²) in [5.74, 6) is -4.52. The number of carbonyl (C=O) groups is 7. The fourth-order valence-corrected chi connectivity index (χ4v) is 5.00. The molecule has 0 aromatic heterocycles. The molecule has 4 rings (SSSR count). The number of carboxylic acids is 1. The van der Waals surface area contributed by atoms with E-state index in [0.717, 1.165) is 10.0 Å². The van der Waals surface area contributed by atoms with Crippen LogP contribution in [0.15, 0.2) is 53.0 Å². The number of carbonyl (C=O) groups excluding carboxylic acids is 6. The van der Waals surface area contributed by atoms with Crippen molar-refractivity contribution in [2.75, 3.05) is 0 Å². The number of carboxylic acid groups (broad SMARTS) is 1. The van der Waals surface area contributed by atoms with Crippen LogP contribution in [-0.2, 0) is 28.7 Å². The van der Waals surface area contributed by atoms with Gasteiger partial charge in [0.05, 0.1) is 17.4 Å². The number of hydrogen-bond acceptors (Lipinski definition) is 9. The van der Waals surface area contributed by atoms with Crippen LogP contribution in [0.2, 0.25) is 0 Å². The highest BCUT2D eigenvalue weighted by atomic mass is 79.9. The average Bonchev–Trinajstić information content (AvgIpc) is 2.92. The lowest BCUT2D eigenvalue weighted by Gasteiger charge is -2.31. The number of likely N-dealkylation sites (tertiary alicyclic amines) is 2. The van der Waals surface area contributed by atoms with Crippen molar-refractivity contribution in [3.63, 3.8) is 0 Å². The van der Waals surface area contributed by atoms with E-state index in [-0.39, 0.29) is 24.8 Å². The zero-order chi connectivity index (χ0) is 34.6. The molecule has 2 heterocycles. The van der Waals surface area contributed by atoms with E-state index in [1.165, 1.54) is 24.3 Å². The molecule has 0 radical (unpaired) electrons. The number of hydrogen-bond donors (Lipinski definition) is 1. The van der Waals surface area contributed by atoms with Crippen LogP contribution < -0.4 is 0 Å². The van der Waals surface area contributed by atoms with E-state index in [1.807, 2.05) is 24.3 Å². The number of nitrogens with zero attached hydrogens (tertiary/aromatic N) is 2. The SMILES string of the molecule is CC(C)(C)OC(=O)N1C(=O)CCC(c2ccc(Br)cc2)C1=O.CC(C)(C)OC(=O)N1C(=O)CCC(c2ccc(C(=O)O)cc2)C1=O. The van der Waals surface area contributed by atoms with Crippen molar-refractivity contribution >= 4 is 57.7 Å². The Bertz CT molecular complexity index is 1520. The lowest BCUT2D eigenvalue weighted by Crippen LogP contribution is -2.49. The molecule has 13 heteroatoms. The number of amides is 6. The molecule has 46 heavy (non-hydrogen) atoms. The van der Waals surface area contributed by atoms with Gasteiger partial charge in [-0.1, -0.05) is 40.2 Å². The third-order valence-electron chi connectivity index (χ3n) is 6.81. The molecule has 0 spiro atoms. The van der Waals surface area contributed by atoms with Crippen molar-refractivity contribution in [1.29, 1.82) is 0 Å². The van der Waals surface area contributed by atoms with Crippen LogP contribution in [0.4, 0.5) is 9.59 Å². The Morgan fingerprint density at radius 1 is 0.674 bits per heavy atom. The fraction of sp³-hybridized carbons (Fsp3) is 0.424. The number of piperidine rings is 2. The van der Waals surface area contributed by atoms with Gasteiger partial charge >= 0.3 is 18.2 Å². The Morgan fingerprint density at radius 3 is 1.35 bits per heavy atom. The summed E-state index contributed by atoms with van der Waals surface area (Å²) in [6.45, 7) is 10.0. The predicted octanol–water partition coefficient (Wildman–Crippen LogP) is 6.17. The maximum Gasteiger partial charge on any atom is 0.424 e. The number of halogens is 1. The molecule has 2 fully saturated rings. The van der Waals surface area contributed by atoms with Crippen LogP contribution in [0.1, 0.15) is 101 Å². The van der Waals surface area contributed by atoms with Crippen molar-refractivity contribution < 1.29 is 48.1 Å². The highest BCUT2D eigenvalue weighted by molar-refractivity contribution is 9.10. The lowest BCUT2D eigenvalue weighted by molar-refractivity contribution is -0.149. The Hall–Kier alpha value is -4.39. The van der Waals surface area contributed by atoms with E-state index in [9.17, 15) is 33.6 Å². The van der Waals surface area contributed by atoms with Crippen LogP contribution in [0, 0.1) is 0 Å². The van der Waals surface area contributed by atoms with Crippen LogP contribution in [0.5, 0.6) is 0 Å². The van der Waals surface area contributed by atoms with Gasteiger partial charge in [0.15, 0.2) is 0 Å². The lowest BCUT2D eigenvalue weighted by atomic mass is 9.89. The van der Waals surface area contributed by atoms with Gasteiger partial charge in [0, 0.05) is 17.3 Å². The van der Waals surface area contributed by atoms with Crippen molar-refractivity contribution in [3.8, 4) is 0 Å². The van der Waals surface area contributed by atoms with Gasteiger partial charge in [0.25, 0.3) is 0 Å².